The fourth-order valence-corrected chi connectivity index (χ4v) is 3.81. The summed E-state index contributed by atoms with van der Waals surface area (Å²) in [6, 6.07) is 9.58. The molecule has 2 aromatic carbocycles. The summed E-state index contributed by atoms with van der Waals surface area (Å²) in [6.07, 6.45) is 0.503. The summed E-state index contributed by atoms with van der Waals surface area (Å²) < 4.78 is 54.1. The van der Waals surface area contributed by atoms with Gasteiger partial charge in [0.1, 0.15) is 16.5 Å². The lowest BCUT2D eigenvalue weighted by molar-refractivity contribution is 0.528. The van der Waals surface area contributed by atoms with Crippen molar-refractivity contribution in [3.63, 3.8) is 0 Å². The lowest BCUT2D eigenvalue weighted by atomic mass is 9.98. The summed E-state index contributed by atoms with van der Waals surface area (Å²) in [6.45, 7) is 5.99. The van der Waals surface area contributed by atoms with Gasteiger partial charge in [0, 0.05) is 12.1 Å². The molecule has 2 rings (SSSR count). The Morgan fingerprint density at radius 2 is 1.58 bits per heavy atom. The lowest BCUT2D eigenvalue weighted by Gasteiger charge is -2.18. The summed E-state index contributed by atoms with van der Waals surface area (Å²) in [5, 5.41) is 0. The van der Waals surface area contributed by atoms with E-state index in [1.54, 1.807) is 0 Å². The van der Waals surface area contributed by atoms with Crippen molar-refractivity contribution in [3.05, 3.63) is 65.2 Å². The molecule has 0 radical (unpaired) electrons. The van der Waals surface area contributed by atoms with Gasteiger partial charge in [0.2, 0.25) is 10.0 Å². The molecule has 130 valence electrons. The van der Waals surface area contributed by atoms with Gasteiger partial charge >= 0.3 is 0 Å². The van der Waals surface area contributed by atoms with Crippen LogP contribution in [0.4, 0.5) is 8.78 Å². The Balaban J connectivity index is 2.28. The average molecular weight is 353 g/mol. The van der Waals surface area contributed by atoms with Crippen LogP contribution in [0, 0.1) is 11.6 Å². The van der Waals surface area contributed by atoms with Gasteiger partial charge in [0.25, 0.3) is 0 Å². The molecule has 0 spiro atoms. The smallest absolute Gasteiger partial charge is 0.207 e. The molecule has 0 aliphatic carbocycles. The number of benzene rings is 2. The van der Waals surface area contributed by atoms with Crippen molar-refractivity contribution in [1.29, 1.82) is 0 Å². The van der Waals surface area contributed by atoms with Crippen LogP contribution >= 0.6 is 0 Å². The van der Waals surface area contributed by atoms with E-state index in [4.69, 9.17) is 0 Å². The van der Waals surface area contributed by atoms with Crippen LogP contribution in [0.25, 0.3) is 0 Å². The zero-order chi connectivity index (χ0) is 17.9. The first-order valence-corrected chi connectivity index (χ1v) is 9.30. The fraction of sp³-hybridized carbons (Fsp3) is 0.333. The maximum Gasteiger partial charge on any atom is 0.244 e. The Hall–Kier alpha value is -1.79. The van der Waals surface area contributed by atoms with Gasteiger partial charge in [0.15, 0.2) is 0 Å². The van der Waals surface area contributed by atoms with E-state index in [1.165, 1.54) is 0 Å². The first-order valence-electron chi connectivity index (χ1n) is 7.82. The summed E-state index contributed by atoms with van der Waals surface area (Å²) >= 11 is 0. The largest absolute Gasteiger partial charge is 0.244 e. The highest BCUT2D eigenvalue weighted by Crippen LogP contribution is 2.24. The predicted molar refractivity (Wildman–Crippen MR) is 90.2 cm³/mol. The van der Waals surface area contributed by atoms with Crippen molar-refractivity contribution < 1.29 is 17.2 Å². The second-order valence-corrected chi connectivity index (χ2v) is 7.66. The molecular formula is C18H21F2NO2S. The van der Waals surface area contributed by atoms with Gasteiger partial charge in [-0.1, -0.05) is 45.0 Å². The molecule has 0 saturated heterocycles. The predicted octanol–water partition coefficient (Wildman–Crippen LogP) is 4.52. The Bertz CT molecular complexity index is 802. The molecular weight excluding hydrogens is 332 g/mol. The zero-order valence-electron chi connectivity index (χ0n) is 13.9. The molecule has 0 bridgehead atoms. The van der Waals surface area contributed by atoms with E-state index in [-0.39, 0.29) is 0 Å². The molecule has 0 aliphatic heterocycles. The van der Waals surface area contributed by atoms with Crippen LogP contribution in [0.2, 0.25) is 0 Å². The van der Waals surface area contributed by atoms with Gasteiger partial charge in [0.05, 0.1) is 0 Å². The highest BCUT2D eigenvalue weighted by Gasteiger charge is 2.23. The number of sulfonamides is 1. The topological polar surface area (TPSA) is 46.2 Å². The van der Waals surface area contributed by atoms with Crippen molar-refractivity contribution >= 4 is 10.0 Å². The third-order valence-corrected chi connectivity index (χ3v) is 5.40. The molecule has 6 heteroatoms. The standard InChI is InChI=1S/C18H21F2NO2S/c1-4-17(14-7-5-13(6-8-14)12(2)3)21-24(22,23)18-10-9-15(19)11-16(18)20/h5-12,17,21H,4H2,1-3H3. The fourth-order valence-electron chi connectivity index (χ4n) is 2.44. The molecule has 1 unspecified atom stereocenters. The summed E-state index contributed by atoms with van der Waals surface area (Å²) in [5.74, 6) is -1.54. The molecule has 2 aromatic rings. The molecule has 0 aliphatic rings. The Morgan fingerprint density at radius 1 is 1.00 bits per heavy atom. The van der Waals surface area contributed by atoms with Crippen LogP contribution in [-0.2, 0) is 10.0 Å². The third kappa shape index (κ3) is 4.19. The highest BCUT2D eigenvalue weighted by molar-refractivity contribution is 7.89. The van der Waals surface area contributed by atoms with Crippen LogP contribution in [0.3, 0.4) is 0 Å². The zero-order valence-corrected chi connectivity index (χ0v) is 14.7. The molecule has 3 nitrogen and oxygen atoms in total. The van der Waals surface area contributed by atoms with Crippen molar-refractivity contribution in [3.8, 4) is 0 Å². The average Bonchev–Trinajstić information content (AvgIpc) is 2.52. The first kappa shape index (κ1) is 18.5. The minimum Gasteiger partial charge on any atom is -0.207 e. The third-order valence-electron chi connectivity index (χ3n) is 3.89. The van der Waals surface area contributed by atoms with Gasteiger partial charge in [-0.3, -0.25) is 0 Å². The van der Waals surface area contributed by atoms with Gasteiger partial charge in [-0.2, -0.15) is 0 Å². The minimum atomic E-state index is -4.09. The van der Waals surface area contributed by atoms with Crippen LogP contribution in [0.15, 0.2) is 47.4 Å². The molecule has 0 fully saturated rings. The van der Waals surface area contributed by atoms with E-state index in [1.807, 2.05) is 31.2 Å². The second kappa shape index (κ2) is 7.40. The monoisotopic (exact) mass is 353 g/mol. The Labute approximate surface area is 141 Å². The molecule has 0 amide bonds. The molecule has 0 saturated carbocycles. The number of hydrogen-bond acceptors (Lipinski definition) is 2. The quantitative estimate of drug-likeness (QED) is 0.830. The SMILES string of the molecule is CCC(NS(=O)(=O)c1ccc(F)cc1F)c1ccc(C(C)C)cc1. The molecule has 1 atom stereocenters. The van der Waals surface area contributed by atoms with Gasteiger partial charge < -0.3 is 0 Å². The minimum absolute atomic E-state index is 0.379. The molecule has 24 heavy (non-hydrogen) atoms. The summed E-state index contributed by atoms with van der Waals surface area (Å²) in [7, 11) is -4.09. The van der Waals surface area contributed by atoms with Crippen molar-refractivity contribution in [2.45, 2.75) is 44.0 Å². The van der Waals surface area contributed by atoms with E-state index in [0.717, 1.165) is 23.3 Å². The van der Waals surface area contributed by atoms with E-state index in [9.17, 15) is 17.2 Å². The van der Waals surface area contributed by atoms with Crippen molar-refractivity contribution in [2.75, 3.05) is 0 Å². The maximum absolute atomic E-state index is 13.8. The Kier molecular flexibility index (Phi) is 5.72. The number of rotatable bonds is 6. The first-order chi connectivity index (χ1) is 11.2. The molecule has 1 N–H and O–H groups in total. The van der Waals surface area contributed by atoms with Crippen LogP contribution < -0.4 is 4.72 Å². The van der Waals surface area contributed by atoms with Crippen LogP contribution in [0.1, 0.15) is 50.3 Å². The van der Waals surface area contributed by atoms with Gasteiger partial charge in [-0.15, -0.1) is 0 Å². The van der Waals surface area contributed by atoms with Crippen molar-refractivity contribution in [2.24, 2.45) is 0 Å². The number of hydrogen-bond donors (Lipinski definition) is 1. The summed E-state index contributed by atoms with van der Waals surface area (Å²) in [4.78, 5) is -0.554. The van der Waals surface area contributed by atoms with E-state index < -0.39 is 32.6 Å². The van der Waals surface area contributed by atoms with Gasteiger partial charge in [-0.05, 0) is 35.6 Å². The van der Waals surface area contributed by atoms with Crippen LogP contribution in [0.5, 0.6) is 0 Å². The van der Waals surface area contributed by atoms with E-state index in [2.05, 4.69) is 18.6 Å². The maximum atomic E-state index is 13.8. The summed E-state index contributed by atoms with van der Waals surface area (Å²) in [5.41, 5.74) is 1.95. The lowest BCUT2D eigenvalue weighted by Crippen LogP contribution is -2.29. The number of halogens is 2. The van der Waals surface area contributed by atoms with Crippen LogP contribution in [-0.4, -0.2) is 8.42 Å². The van der Waals surface area contributed by atoms with E-state index >= 15 is 0 Å². The highest BCUT2D eigenvalue weighted by atomic mass is 32.2. The second-order valence-electron chi connectivity index (χ2n) is 5.98. The molecule has 0 aromatic heterocycles. The Morgan fingerprint density at radius 3 is 2.08 bits per heavy atom. The van der Waals surface area contributed by atoms with Crippen molar-refractivity contribution in [1.82, 2.24) is 4.72 Å². The van der Waals surface area contributed by atoms with E-state index in [0.29, 0.717) is 18.4 Å². The normalized spacial score (nSPS) is 13.2. The molecule has 0 heterocycles. The van der Waals surface area contributed by atoms with Gasteiger partial charge in [-0.25, -0.2) is 21.9 Å². The number of nitrogens with one attached hydrogen (secondary N) is 1.